The normalized spacial score (nSPS) is 15.8. The number of carbonyl (C=O) groups is 1. The number of aromatic nitrogens is 2. The van der Waals surface area contributed by atoms with Crippen molar-refractivity contribution in [2.45, 2.75) is 6.92 Å². The van der Waals surface area contributed by atoms with Crippen molar-refractivity contribution in [1.82, 2.24) is 9.97 Å². The fourth-order valence-corrected chi connectivity index (χ4v) is 2.23. The molecule has 3 rings (SSSR count). The van der Waals surface area contributed by atoms with Crippen LogP contribution in [0, 0.1) is 10.1 Å². The summed E-state index contributed by atoms with van der Waals surface area (Å²) in [5.74, 6) is -0.277. The van der Waals surface area contributed by atoms with Gasteiger partial charge in [0.25, 0.3) is 11.6 Å². The molecule has 0 saturated carbocycles. The van der Waals surface area contributed by atoms with Crippen molar-refractivity contribution in [3.05, 3.63) is 52.1 Å². The van der Waals surface area contributed by atoms with E-state index in [2.05, 4.69) is 15.3 Å². The number of carbonyl (C=O) groups excluding carboxylic acids is 1. The largest absolute Gasteiger partial charge is 0.351 e. The lowest BCUT2D eigenvalue weighted by atomic mass is 10.00. The smallest absolute Gasteiger partial charge is 0.270 e. The number of nitro benzene ring substituents is 1. The fourth-order valence-electron chi connectivity index (χ4n) is 2.23. The van der Waals surface area contributed by atoms with Crippen LogP contribution in [-0.2, 0) is 4.79 Å². The van der Waals surface area contributed by atoms with Crippen LogP contribution in [0.3, 0.4) is 0 Å². The van der Waals surface area contributed by atoms with Crippen molar-refractivity contribution >= 4 is 28.4 Å². The molecular weight excluding hydrogens is 260 g/mol. The number of nitro groups is 1. The molecule has 0 spiro atoms. The molecule has 0 atom stereocenters. The lowest BCUT2D eigenvalue weighted by molar-refractivity contribution is -0.384. The van der Waals surface area contributed by atoms with Crippen LogP contribution in [0.15, 0.2) is 30.7 Å². The molecule has 100 valence electrons. The molecule has 1 amide bonds. The molecule has 7 nitrogen and oxygen atoms in total. The summed E-state index contributed by atoms with van der Waals surface area (Å²) < 4.78 is 0. The second kappa shape index (κ2) is 4.30. The van der Waals surface area contributed by atoms with E-state index >= 15 is 0 Å². The number of fused-ring (bicyclic) bond motifs is 1. The van der Waals surface area contributed by atoms with Gasteiger partial charge in [-0.2, -0.15) is 0 Å². The standard InChI is InChI=1S/C13H10N4O3/c1-7(11-5-14-6-15-11)12-9-4-8(17(19)20)2-3-10(9)16-13(12)18/h2-6H,1H3,(H,14,15)(H,16,18)/b12-7+. The van der Waals surface area contributed by atoms with Crippen molar-refractivity contribution in [2.24, 2.45) is 0 Å². The second-order valence-corrected chi connectivity index (χ2v) is 4.40. The van der Waals surface area contributed by atoms with Crippen LogP contribution in [0.25, 0.3) is 11.1 Å². The average Bonchev–Trinajstić information content (AvgIpc) is 3.03. The van der Waals surface area contributed by atoms with Crippen molar-refractivity contribution in [3.8, 4) is 0 Å². The van der Waals surface area contributed by atoms with Crippen molar-refractivity contribution in [1.29, 1.82) is 0 Å². The molecule has 7 heteroatoms. The molecule has 1 aliphatic heterocycles. The first-order valence-corrected chi connectivity index (χ1v) is 5.88. The number of hydrogen-bond acceptors (Lipinski definition) is 4. The van der Waals surface area contributed by atoms with Gasteiger partial charge in [0.2, 0.25) is 0 Å². The molecule has 2 aromatic rings. The number of nitrogens with zero attached hydrogens (tertiary/aromatic N) is 2. The Morgan fingerprint density at radius 3 is 2.85 bits per heavy atom. The number of nitrogens with one attached hydrogen (secondary N) is 2. The van der Waals surface area contributed by atoms with E-state index in [-0.39, 0.29) is 11.6 Å². The summed E-state index contributed by atoms with van der Waals surface area (Å²) in [4.78, 5) is 29.4. The topological polar surface area (TPSA) is 101 Å². The summed E-state index contributed by atoms with van der Waals surface area (Å²) in [6.45, 7) is 1.76. The summed E-state index contributed by atoms with van der Waals surface area (Å²) in [6.07, 6.45) is 3.19. The third-order valence-corrected chi connectivity index (χ3v) is 3.22. The Bertz CT molecular complexity index is 747. The molecule has 20 heavy (non-hydrogen) atoms. The van der Waals surface area contributed by atoms with Gasteiger partial charge in [0.1, 0.15) is 0 Å². The maximum Gasteiger partial charge on any atom is 0.270 e. The zero-order valence-corrected chi connectivity index (χ0v) is 10.5. The predicted molar refractivity (Wildman–Crippen MR) is 72.8 cm³/mol. The van der Waals surface area contributed by atoms with E-state index in [4.69, 9.17) is 0 Å². The molecule has 0 bridgehead atoms. The number of imidazole rings is 1. The first-order valence-electron chi connectivity index (χ1n) is 5.88. The minimum atomic E-state index is -0.482. The molecule has 1 aromatic heterocycles. The Labute approximate surface area is 113 Å². The third kappa shape index (κ3) is 1.76. The highest BCUT2D eigenvalue weighted by molar-refractivity contribution is 6.36. The molecule has 0 radical (unpaired) electrons. The molecule has 0 saturated heterocycles. The molecular formula is C13H10N4O3. The minimum absolute atomic E-state index is 0.0485. The van der Waals surface area contributed by atoms with Gasteiger partial charge < -0.3 is 10.3 Å². The number of benzene rings is 1. The summed E-state index contributed by atoms with van der Waals surface area (Å²) in [5.41, 5.74) is 2.77. The first kappa shape index (κ1) is 12.1. The summed E-state index contributed by atoms with van der Waals surface area (Å²) >= 11 is 0. The first-order chi connectivity index (χ1) is 9.58. The summed E-state index contributed by atoms with van der Waals surface area (Å²) in [5, 5.41) is 13.6. The highest BCUT2D eigenvalue weighted by Crippen LogP contribution is 2.38. The summed E-state index contributed by atoms with van der Waals surface area (Å²) in [7, 11) is 0. The highest BCUT2D eigenvalue weighted by Gasteiger charge is 2.28. The Balaban J connectivity index is 2.21. The van der Waals surface area contributed by atoms with Gasteiger partial charge in [-0.15, -0.1) is 0 Å². The van der Waals surface area contributed by atoms with Crippen LogP contribution in [0.2, 0.25) is 0 Å². The van der Waals surface area contributed by atoms with Crippen LogP contribution in [0.4, 0.5) is 11.4 Å². The van der Waals surface area contributed by atoms with Crippen LogP contribution in [-0.4, -0.2) is 20.8 Å². The van der Waals surface area contributed by atoms with Crippen molar-refractivity contribution in [2.75, 3.05) is 5.32 Å². The lowest BCUT2D eigenvalue weighted by Gasteiger charge is -2.02. The zero-order valence-electron chi connectivity index (χ0n) is 10.5. The SMILES string of the molecule is C/C(=C1\C(=O)Nc2ccc([N+](=O)[O-])cc21)c1c[nH]cn1. The van der Waals surface area contributed by atoms with E-state index in [1.165, 1.54) is 24.5 Å². The summed E-state index contributed by atoms with van der Waals surface area (Å²) in [6, 6.07) is 4.31. The minimum Gasteiger partial charge on any atom is -0.351 e. The van der Waals surface area contributed by atoms with Crippen LogP contribution in [0.5, 0.6) is 0 Å². The van der Waals surface area contributed by atoms with E-state index in [1.807, 2.05) is 0 Å². The number of allylic oxidation sites excluding steroid dienone is 1. The van der Waals surface area contributed by atoms with E-state index in [0.29, 0.717) is 28.1 Å². The number of amides is 1. The van der Waals surface area contributed by atoms with E-state index in [9.17, 15) is 14.9 Å². The number of anilines is 1. The molecule has 2 N–H and O–H groups in total. The van der Waals surface area contributed by atoms with Gasteiger partial charge >= 0.3 is 0 Å². The van der Waals surface area contributed by atoms with Gasteiger partial charge in [0, 0.05) is 29.6 Å². The number of hydrogen-bond donors (Lipinski definition) is 2. The molecule has 2 heterocycles. The number of aromatic amines is 1. The maximum absolute atomic E-state index is 12.1. The van der Waals surface area contributed by atoms with Crippen LogP contribution < -0.4 is 5.32 Å². The highest BCUT2D eigenvalue weighted by atomic mass is 16.6. The molecule has 1 aromatic carbocycles. The molecule has 1 aliphatic rings. The second-order valence-electron chi connectivity index (χ2n) is 4.40. The number of rotatable bonds is 2. The lowest BCUT2D eigenvalue weighted by Crippen LogP contribution is -2.05. The quantitative estimate of drug-likeness (QED) is 0.496. The molecule has 0 unspecified atom stereocenters. The Kier molecular flexibility index (Phi) is 2.60. The van der Waals surface area contributed by atoms with Gasteiger partial charge in [-0.3, -0.25) is 14.9 Å². The Morgan fingerprint density at radius 2 is 2.20 bits per heavy atom. The van der Waals surface area contributed by atoms with E-state index in [0.717, 1.165) is 0 Å². The zero-order chi connectivity index (χ0) is 14.3. The molecule has 0 aliphatic carbocycles. The Hall–Kier alpha value is -2.96. The van der Waals surface area contributed by atoms with E-state index < -0.39 is 4.92 Å². The van der Waals surface area contributed by atoms with Crippen molar-refractivity contribution < 1.29 is 9.72 Å². The van der Waals surface area contributed by atoms with Crippen LogP contribution >= 0.6 is 0 Å². The maximum atomic E-state index is 12.1. The van der Waals surface area contributed by atoms with Gasteiger partial charge in [0.15, 0.2) is 0 Å². The average molecular weight is 270 g/mol. The van der Waals surface area contributed by atoms with Crippen LogP contribution in [0.1, 0.15) is 18.2 Å². The predicted octanol–water partition coefficient (Wildman–Crippen LogP) is 2.20. The van der Waals surface area contributed by atoms with Gasteiger partial charge in [0.05, 0.1) is 22.5 Å². The number of non-ortho nitro benzene ring substituents is 1. The fraction of sp³-hybridized carbons (Fsp3) is 0.0769. The Morgan fingerprint density at radius 1 is 1.40 bits per heavy atom. The number of H-pyrrole nitrogens is 1. The van der Waals surface area contributed by atoms with Gasteiger partial charge in [-0.1, -0.05) is 0 Å². The van der Waals surface area contributed by atoms with Crippen molar-refractivity contribution in [3.63, 3.8) is 0 Å². The molecule has 0 fully saturated rings. The van der Waals surface area contributed by atoms with E-state index in [1.54, 1.807) is 13.1 Å². The monoisotopic (exact) mass is 270 g/mol. The van der Waals surface area contributed by atoms with Gasteiger partial charge in [-0.25, -0.2) is 4.98 Å². The van der Waals surface area contributed by atoms with Gasteiger partial charge in [-0.05, 0) is 18.6 Å². The third-order valence-electron chi connectivity index (χ3n) is 3.22.